The van der Waals surface area contributed by atoms with Crippen molar-refractivity contribution in [1.82, 2.24) is 0 Å². The van der Waals surface area contributed by atoms with Gasteiger partial charge in [-0.25, -0.2) is 4.79 Å². The first-order valence-corrected chi connectivity index (χ1v) is 10.1. The van der Waals surface area contributed by atoms with Gasteiger partial charge in [0.1, 0.15) is 5.75 Å². The average Bonchev–Trinajstić information content (AvgIpc) is 3.04. The van der Waals surface area contributed by atoms with E-state index in [0.717, 1.165) is 28.9 Å². The van der Waals surface area contributed by atoms with Gasteiger partial charge in [-0.3, -0.25) is 5.32 Å². The highest BCUT2D eigenvalue weighted by molar-refractivity contribution is 5.87. The molecule has 162 valence electrons. The van der Waals surface area contributed by atoms with Crippen molar-refractivity contribution in [2.24, 2.45) is 0 Å². The minimum Gasteiger partial charge on any atom is -0.631 e. The number of hydroxylamine groups is 3. The van der Waals surface area contributed by atoms with Crippen LogP contribution in [0, 0.1) is 5.21 Å². The van der Waals surface area contributed by atoms with Crippen LogP contribution in [0.15, 0.2) is 42.5 Å². The molecule has 1 N–H and O–H groups in total. The van der Waals surface area contributed by atoms with Gasteiger partial charge in [0.2, 0.25) is 0 Å². The fourth-order valence-electron chi connectivity index (χ4n) is 5.21. The Labute approximate surface area is 184 Å². The second-order valence-corrected chi connectivity index (χ2v) is 8.99. The van der Waals surface area contributed by atoms with Crippen LogP contribution in [0.25, 0.3) is 0 Å². The number of carbonyl (C=O) groups is 1. The van der Waals surface area contributed by atoms with E-state index in [2.05, 4.69) is 31.0 Å². The number of likely N-dealkylation sites (N-methyl/N-ethyl adjacent to an activating group) is 2. The number of fused-ring (bicyclic) bond motifs is 3. The molecule has 2 aliphatic rings. The molecular weight excluding hydrogens is 402 g/mol. The van der Waals surface area contributed by atoms with Crippen LogP contribution in [0.5, 0.6) is 5.75 Å². The van der Waals surface area contributed by atoms with E-state index in [1.807, 2.05) is 43.4 Å². The molecule has 1 unspecified atom stereocenters. The fourth-order valence-corrected chi connectivity index (χ4v) is 5.21. The number of hydrogen-bond donors (Lipinski definition) is 1. The molecule has 0 radical (unpaired) electrons. The SMILES string of the molecule is CC(C)c1ccccc1NC(=O)Oc1ccc2c(c1)[C@]1(C)CC[N+](C)([O-])[C@@H]1N2C.Cl. The summed E-state index contributed by atoms with van der Waals surface area (Å²) in [6.45, 7) is 6.90. The van der Waals surface area contributed by atoms with Gasteiger partial charge in [-0.2, -0.15) is 0 Å². The summed E-state index contributed by atoms with van der Waals surface area (Å²) in [5.74, 6) is 0.784. The van der Waals surface area contributed by atoms with Crippen LogP contribution in [0.4, 0.5) is 16.2 Å². The third kappa shape index (κ3) is 3.53. The zero-order chi connectivity index (χ0) is 21.0. The van der Waals surface area contributed by atoms with E-state index in [1.54, 1.807) is 13.1 Å². The molecule has 1 saturated heterocycles. The summed E-state index contributed by atoms with van der Waals surface area (Å²) >= 11 is 0. The van der Waals surface area contributed by atoms with Crippen molar-refractivity contribution in [3.05, 3.63) is 58.8 Å². The van der Waals surface area contributed by atoms with Gasteiger partial charge >= 0.3 is 6.09 Å². The number of halogens is 1. The number of rotatable bonds is 3. The van der Waals surface area contributed by atoms with Crippen molar-refractivity contribution in [2.75, 3.05) is 30.9 Å². The van der Waals surface area contributed by atoms with Gasteiger partial charge in [0, 0.05) is 24.8 Å². The molecule has 6 nitrogen and oxygen atoms in total. The van der Waals surface area contributed by atoms with E-state index in [9.17, 15) is 10.0 Å². The lowest BCUT2D eigenvalue weighted by atomic mass is 9.81. The molecule has 0 aliphatic carbocycles. The Morgan fingerprint density at radius 2 is 2.00 bits per heavy atom. The second-order valence-electron chi connectivity index (χ2n) is 8.99. The third-order valence-electron chi connectivity index (χ3n) is 6.52. The van der Waals surface area contributed by atoms with E-state index in [4.69, 9.17) is 4.74 Å². The molecule has 1 fully saturated rings. The third-order valence-corrected chi connectivity index (χ3v) is 6.52. The number of ether oxygens (including phenoxy) is 1. The van der Waals surface area contributed by atoms with Gasteiger partial charge in [0.25, 0.3) is 0 Å². The van der Waals surface area contributed by atoms with Crippen molar-refractivity contribution in [3.8, 4) is 5.75 Å². The number of anilines is 2. The van der Waals surface area contributed by atoms with E-state index < -0.39 is 6.09 Å². The van der Waals surface area contributed by atoms with E-state index >= 15 is 0 Å². The number of carbonyl (C=O) groups excluding carboxylic acids is 1. The van der Waals surface area contributed by atoms with Gasteiger partial charge in [-0.05, 0) is 48.2 Å². The molecule has 30 heavy (non-hydrogen) atoms. The van der Waals surface area contributed by atoms with E-state index in [-0.39, 0.29) is 28.6 Å². The number of para-hydroxylation sites is 1. The predicted molar refractivity (Wildman–Crippen MR) is 122 cm³/mol. The smallest absolute Gasteiger partial charge is 0.417 e. The quantitative estimate of drug-likeness (QED) is 0.534. The topological polar surface area (TPSA) is 64.6 Å². The van der Waals surface area contributed by atoms with Gasteiger partial charge in [-0.1, -0.05) is 32.0 Å². The summed E-state index contributed by atoms with van der Waals surface area (Å²) < 4.78 is 5.33. The van der Waals surface area contributed by atoms with E-state index in [0.29, 0.717) is 18.2 Å². The van der Waals surface area contributed by atoms with Crippen LogP contribution in [0.2, 0.25) is 0 Å². The standard InChI is InChI=1S/C23H29N3O3.ClH/c1-15(2)17-8-6-7-9-19(17)24-22(27)29-16-10-11-20-18(14-16)23(3)12-13-26(5,28)21(23)25(20)4;/h6-11,14-15,21H,12-13H2,1-5H3,(H,24,27);1H/t21-,23-,26?;/m0./s1. The van der Waals surface area contributed by atoms with Crippen molar-refractivity contribution >= 4 is 29.9 Å². The molecule has 2 aliphatic heterocycles. The predicted octanol–water partition coefficient (Wildman–Crippen LogP) is 5.22. The molecular formula is C23H30ClN3O3. The number of likely N-dealkylation sites (tertiary alicyclic amines) is 1. The number of quaternary nitrogens is 1. The van der Waals surface area contributed by atoms with Gasteiger partial charge in [0.05, 0.1) is 19.0 Å². The normalized spacial score (nSPS) is 26.8. The lowest BCUT2D eigenvalue weighted by Crippen LogP contribution is -2.54. The van der Waals surface area contributed by atoms with Crippen LogP contribution in [-0.4, -0.2) is 37.5 Å². The Bertz CT molecular complexity index is 962. The molecule has 1 amide bonds. The number of hydrogen-bond acceptors (Lipinski definition) is 4. The van der Waals surface area contributed by atoms with E-state index in [1.165, 1.54) is 0 Å². The van der Waals surface area contributed by atoms with Crippen molar-refractivity contribution < 1.29 is 14.2 Å². The summed E-state index contributed by atoms with van der Waals surface area (Å²) in [6.07, 6.45) is 0.147. The highest BCUT2D eigenvalue weighted by Crippen LogP contribution is 2.54. The first-order valence-electron chi connectivity index (χ1n) is 10.1. The number of amides is 1. The Morgan fingerprint density at radius 3 is 2.70 bits per heavy atom. The maximum atomic E-state index is 13.0. The molecule has 7 heteroatoms. The maximum Gasteiger partial charge on any atom is 0.417 e. The number of benzene rings is 2. The maximum absolute atomic E-state index is 13.0. The summed E-state index contributed by atoms with van der Waals surface area (Å²) in [4.78, 5) is 14.6. The monoisotopic (exact) mass is 431 g/mol. The Hall–Kier alpha value is -2.28. The highest BCUT2D eigenvalue weighted by atomic mass is 35.5. The zero-order valence-corrected chi connectivity index (χ0v) is 19.0. The van der Waals surface area contributed by atoms with Crippen LogP contribution < -0.4 is 15.0 Å². The van der Waals surface area contributed by atoms with Crippen LogP contribution >= 0.6 is 12.4 Å². The van der Waals surface area contributed by atoms with Crippen molar-refractivity contribution in [2.45, 2.75) is 44.7 Å². The van der Waals surface area contributed by atoms with Crippen molar-refractivity contribution in [1.29, 1.82) is 0 Å². The number of nitrogens with one attached hydrogen (secondary N) is 1. The van der Waals surface area contributed by atoms with Crippen LogP contribution in [0.1, 0.15) is 44.2 Å². The average molecular weight is 432 g/mol. The summed E-state index contributed by atoms with van der Waals surface area (Å²) in [5, 5.41) is 15.8. The fraction of sp³-hybridized carbons (Fsp3) is 0.435. The first-order chi connectivity index (χ1) is 13.6. The Morgan fingerprint density at radius 1 is 1.30 bits per heavy atom. The molecule has 2 heterocycles. The summed E-state index contributed by atoms with van der Waals surface area (Å²) in [6, 6.07) is 13.4. The minimum atomic E-state index is -0.512. The molecule has 0 spiro atoms. The Kier molecular flexibility index (Phi) is 5.80. The molecule has 4 rings (SSSR count). The Balaban J connectivity index is 0.00000256. The van der Waals surface area contributed by atoms with Gasteiger partial charge in [-0.15, -0.1) is 12.4 Å². The lowest BCUT2D eigenvalue weighted by molar-refractivity contribution is -0.874. The van der Waals surface area contributed by atoms with Gasteiger partial charge in [0.15, 0.2) is 6.17 Å². The molecule has 0 bridgehead atoms. The first kappa shape index (κ1) is 22.4. The van der Waals surface area contributed by atoms with Gasteiger partial charge < -0.3 is 19.5 Å². The summed E-state index contributed by atoms with van der Waals surface area (Å²) in [7, 11) is 3.72. The molecule has 3 atom stereocenters. The largest absolute Gasteiger partial charge is 0.631 e. The van der Waals surface area contributed by atoms with Crippen LogP contribution in [0.3, 0.4) is 0 Å². The lowest BCUT2D eigenvalue weighted by Gasteiger charge is -2.44. The van der Waals surface area contributed by atoms with Crippen molar-refractivity contribution in [3.63, 3.8) is 0 Å². The minimum absolute atomic E-state index is 0. The number of nitrogens with zero attached hydrogens (tertiary/aromatic N) is 2. The molecule has 0 aromatic heterocycles. The second kappa shape index (κ2) is 7.76. The molecule has 0 saturated carbocycles. The summed E-state index contributed by atoms with van der Waals surface area (Å²) in [5.41, 5.74) is 3.69. The zero-order valence-electron chi connectivity index (χ0n) is 18.1. The molecule has 2 aromatic carbocycles. The molecule has 2 aromatic rings. The van der Waals surface area contributed by atoms with Crippen LogP contribution in [-0.2, 0) is 5.41 Å². The highest BCUT2D eigenvalue weighted by Gasteiger charge is 2.58.